The second kappa shape index (κ2) is 5.70. The Labute approximate surface area is 115 Å². The van der Waals surface area contributed by atoms with E-state index < -0.39 is 0 Å². The molecule has 0 spiro atoms. The van der Waals surface area contributed by atoms with Crippen LogP contribution in [0.5, 0.6) is 0 Å². The van der Waals surface area contributed by atoms with Crippen LogP contribution in [0.15, 0.2) is 0 Å². The van der Waals surface area contributed by atoms with Crippen LogP contribution in [0, 0.1) is 19.3 Å². The third-order valence-electron chi connectivity index (χ3n) is 4.84. The molecule has 1 aliphatic rings. The molecule has 0 amide bonds. The Morgan fingerprint density at radius 2 is 2.00 bits per heavy atom. The van der Waals surface area contributed by atoms with Gasteiger partial charge in [-0.15, -0.1) is 11.3 Å². The average Bonchev–Trinajstić information content (AvgIpc) is 2.95. The summed E-state index contributed by atoms with van der Waals surface area (Å²) in [7, 11) is 2.12. The van der Waals surface area contributed by atoms with Crippen molar-refractivity contribution in [3.63, 3.8) is 0 Å². The van der Waals surface area contributed by atoms with Gasteiger partial charge in [0.05, 0.1) is 10.7 Å². The van der Waals surface area contributed by atoms with Gasteiger partial charge < -0.3 is 5.32 Å². The van der Waals surface area contributed by atoms with Crippen LogP contribution in [0.25, 0.3) is 0 Å². The van der Waals surface area contributed by atoms with E-state index >= 15 is 0 Å². The van der Waals surface area contributed by atoms with E-state index in [1.165, 1.54) is 47.7 Å². The van der Waals surface area contributed by atoms with Crippen molar-refractivity contribution in [3.8, 4) is 0 Å². The summed E-state index contributed by atoms with van der Waals surface area (Å²) < 4.78 is 0. The van der Waals surface area contributed by atoms with Gasteiger partial charge in [-0.05, 0) is 45.6 Å². The van der Waals surface area contributed by atoms with E-state index in [1.54, 1.807) is 0 Å². The summed E-state index contributed by atoms with van der Waals surface area (Å²) in [4.78, 5) is 6.09. The third-order valence-corrected chi connectivity index (χ3v) is 5.94. The zero-order valence-electron chi connectivity index (χ0n) is 12.2. The standard InChI is InChI=1S/C15H26N2S/c1-5-15(8-6-7-9-15)13(16-4)10-14-17-11(2)12(3)18-14/h13,16H,5-10H2,1-4H3. The summed E-state index contributed by atoms with van der Waals surface area (Å²) >= 11 is 1.87. The molecule has 2 rings (SSSR count). The van der Waals surface area contributed by atoms with Crippen LogP contribution in [-0.4, -0.2) is 18.1 Å². The summed E-state index contributed by atoms with van der Waals surface area (Å²) in [6, 6.07) is 0.593. The highest BCUT2D eigenvalue weighted by molar-refractivity contribution is 7.11. The number of thiazole rings is 1. The van der Waals surface area contributed by atoms with E-state index in [1.807, 2.05) is 11.3 Å². The van der Waals surface area contributed by atoms with Crippen LogP contribution >= 0.6 is 11.3 Å². The SMILES string of the molecule is CCC1(C(Cc2nc(C)c(C)s2)NC)CCCC1. The van der Waals surface area contributed by atoms with Gasteiger partial charge in [0.1, 0.15) is 0 Å². The molecule has 18 heavy (non-hydrogen) atoms. The molecular weight excluding hydrogens is 240 g/mol. The maximum Gasteiger partial charge on any atom is 0.0946 e. The number of hydrogen-bond acceptors (Lipinski definition) is 3. The minimum absolute atomic E-state index is 0.516. The Morgan fingerprint density at radius 1 is 1.33 bits per heavy atom. The monoisotopic (exact) mass is 266 g/mol. The number of aromatic nitrogens is 1. The van der Waals surface area contributed by atoms with Gasteiger partial charge in [-0.2, -0.15) is 0 Å². The zero-order valence-corrected chi connectivity index (χ0v) is 13.0. The minimum atomic E-state index is 0.516. The van der Waals surface area contributed by atoms with E-state index in [2.05, 4.69) is 33.1 Å². The third kappa shape index (κ3) is 2.62. The van der Waals surface area contributed by atoms with Crippen molar-refractivity contribution < 1.29 is 0 Å². The number of aryl methyl sites for hydroxylation is 2. The Bertz CT molecular complexity index is 372. The molecule has 0 aromatic carbocycles. The van der Waals surface area contributed by atoms with Crippen LogP contribution in [0.3, 0.4) is 0 Å². The van der Waals surface area contributed by atoms with Crippen molar-refractivity contribution in [2.75, 3.05) is 7.05 Å². The quantitative estimate of drug-likeness (QED) is 0.875. The highest BCUT2D eigenvalue weighted by Crippen LogP contribution is 2.44. The van der Waals surface area contributed by atoms with E-state index in [0.29, 0.717) is 11.5 Å². The summed E-state index contributed by atoms with van der Waals surface area (Å²) in [5.41, 5.74) is 1.73. The molecule has 1 unspecified atom stereocenters. The molecular formula is C15H26N2S. The summed E-state index contributed by atoms with van der Waals surface area (Å²) in [5.74, 6) is 0. The summed E-state index contributed by atoms with van der Waals surface area (Å²) in [6.45, 7) is 6.65. The lowest BCUT2D eigenvalue weighted by atomic mass is 9.75. The van der Waals surface area contributed by atoms with Gasteiger partial charge >= 0.3 is 0 Å². The van der Waals surface area contributed by atoms with Gasteiger partial charge in [0.15, 0.2) is 0 Å². The Balaban J connectivity index is 2.13. The molecule has 0 bridgehead atoms. The van der Waals surface area contributed by atoms with Crippen molar-refractivity contribution >= 4 is 11.3 Å². The van der Waals surface area contributed by atoms with Gasteiger partial charge in [-0.25, -0.2) is 4.98 Å². The van der Waals surface area contributed by atoms with E-state index in [9.17, 15) is 0 Å². The molecule has 0 saturated heterocycles. The van der Waals surface area contributed by atoms with Crippen LogP contribution in [0.2, 0.25) is 0 Å². The fourth-order valence-corrected chi connectivity index (χ4v) is 4.43. The van der Waals surface area contributed by atoms with Crippen molar-refractivity contribution in [3.05, 3.63) is 15.6 Å². The van der Waals surface area contributed by atoms with Gasteiger partial charge in [-0.1, -0.05) is 19.8 Å². The van der Waals surface area contributed by atoms with Crippen LogP contribution in [-0.2, 0) is 6.42 Å². The van der Waals surface area contributed by atoms with Crippen molar-refractivity contribution in [2.24, 2.45) is 5.41 Å². The van der Waals surface area contributed by atoms with E-state index in [0.717, 1.165) is 6.42 Å². The number of hydrogen-bond donors (Lipinski definition) is 1. The Kier molecular flexibility index (Phi) is 4.44. The molecule has 1 heterocycles. The summed E-state index contributed by atoms with van der Waals surface area (Å²) in [6.07, 6.45) is 7.98. The van der Waals surface area contributed by atoms with Crippen molar-refractivity contribution in [2.45, 2.75) is 65.3 Å². The van der Waals surface area contributed by atoms with Crippen LogP contribution in [0.1, 0.15) is 54.6 Å². The van der Waals surface area contributed by atoms with Gasteiger partial charge in [0.2, 0.25) is 0 Å². The fourth-order valence-electron chi connectivity index (χ4n) is 3.45. The second-order valence-electron chi connectivity index (χ2n) is 5.72. The molecule has 1 saturated carbocycles. The lowest BCUT2D eigenvalue weighted by molar-refractivity contribution is 0.192. The smallest absolute Gasteiger partial charge is 0.0946 e. The van der Waals surface area contributed by atoms with Gasteiger partial charge in [0.25, 0.3) is 0 Å². The predicted octanol–water partition coefficient (Wildman–Crippen LogP) is 3.86. The maximum atomic E-state index is 4.71. The fraction of sp³-hybridized carbons (Fsp3) is 0.800. The molecule has 3 heteroatoms. The molecule has 2 nitrogen and oxygen atoms in total. The molecule has 0 aliphatic heterocycles. The zero-order chi connectivity index (χ0) is 13.2. The predicted molar refractivity (Wildman–Crippen MR) is 79.3 cm³/mol. The second-order valence-corrected chi connectivity index (χ2v) is 7.01. The lowest BCUT2D eigenvalue weighted by Crippen LogP contribution is -2.43. The highest BCUT2D eigenvalue weighted by Gasteiger charge is 2.39. The van der Waals surface area contributed by atoms with E-state index in [4.69, 9.17) is 4.98 Å². The molecule has 1 fully saturated rings. The molecule has 1 aliphatic carbocycles. The lowest BCUT2D eigenvalue weighted by Gasteiger charge is -2.36. The maximum absolute atomic E-state index is 4.71. The van der Waals surface area contributed by atoms with E-state index in [-0.39, 0.29) is 0 Å². The number of rotatable bonds is 5. The first-order valence-corrected chi connectivity index (χ1v) is 8.03. The first kappa shape index (κ1) is 14.0. The van der Waals surface area contributed by atoms with Crippen molar-refractivity contribution in [1.29, 1.82) is 0 Å². The molecule has 1 N–H and O–H groups in total. The number of nitrogens with zero attached hydrogens (tertiary/aromatic N) is 1. The van der Waals surface area contributed by atoms with Crippen LogP contribution < -0.4 is 5.32 Å². The average molecular weight is 266 g/mol. The van der Waals surface area contributed by atoms with Crippen LogP contribution in [0.4, 0.5) is 0 Å². The minimum Gasteiger partial charge on any atom is -0.316 e. The Morgan fingerprint density at radius 3 is 2.44 bits per heavy atom. The highest BCUT2D eigenvalue weighted by atomic mass is 32.1. The molecule has 102 valence electrons. The number of likely N-dealkylation sites (N-methyl/N-ethyl adjacent to an activating group) is 1. The molecule has 1 aromatic rings. The van der Waals surface area contributed by atoms with Gasteiger partial charge in [0, 0.05) is 17.3 Å². The Hall–Kier alpha value is -0.410. The first-order valence-electron chi connectivity index (χ1n) is 7.21. The van der Waals surface area contributed by atoms with Gasteiger partial charge in [-0.3, -0.25) is 0 Å². The van der Waals surface area contributed by atoms with Crippen molar-refractivity contribution in [1.82, 2.24) is 10.3 Å². The molecule has 1 aromatic heterocycles. The number of nitrogens with one attached hydrogen (secondary N) is 1. The largest absolute Gasteiger partial charge is 0.316 e. The topological polar surface area (TPSA) is 24.9 Å². The normalized spacial score (nSPS) is 20.2. The summed E-state index contributed by atoms with van der Waals surface area (Å²) in [5, 5.41) is 4.89. The molecule has 0 radical (unpaired) electrons. The first-order chi connectivity index (χ1) is 8.61. The molecule has 1 atom stereocenters.